The van der Waals surface area contributed by atoms with Gasteiger partial charge in [0.2, 0.25) is 5.91 Å². The summed E-state index contributed by atoms with van der Waals surface area (Å²) in [6.45, 7) is 2.02. The maximum Gasteiger partial charge on any atom is 0.333 e. The first-order valence-corrected chi connectivity index (χ1v) is 5.72. The molecule has 0 spiro atoms. The molecule has 1 atom stereocenters. The number of carbonyl (C=O) groups excluding carboxylic acids is 2. The molecule has 2 rings (SSSR count). The highest BCUT2D eigenvalue weighted by Crippen LogP contribution is 2.28. The Morgan fingerprint density at radius 1 is 1.44 bits per heavy atom. The summed E-state index contributed by atoms with van der Waals surface area (Å²) in [4.78, 5) is 22.8. The third-order valence-electron chi connectivity index (χ3n) is 2.83. The van der Waals surface area contributed by atoms with Crippen LogP contribution in [0.25, 0.3) is 0 Å². The number of carbonyl (C=O) groups is 2. The number of rotatable bonds is 3. The van der Waals surface area contributed by atoms with Gasteiger partial charge in [-0.25, -0.2) is 4.79 Å². The summed E-state index contributed by atoms with van der Waals surface area (Å²) in [5.74, 6) is 0.0800. The number of amides is 1. The van der Waals surface area contributed by atoms with Crippen LogP contribution in [0.1, 0.15) is 24.1 Å². The first kappa shape index (κ1) is 12.4. The fourth-order valence-corrected chi connectivity index (χ4v) is 1.99. The maximum absolute atomic E-state index is 11.7. The first-order valence-electron chi connectivity index (χ1n) is 5.72. The Balaban J connectivity index is 2.30. The predicted molar refractivity (Wildman–Crippen MR) is 64.2 cm³/mol. The Bertz CT molecular complexity index is 484. The molecular weight excluding hydrogens is 234 g/mol. The molecule has 0 aromatic heterocycles. The van der Waals surface area contributed by atoms with Crippen molar-refractivity contribution in [1.82, 2.24) is 5.32 Å². The van der Waals surface area contributed by atoms with Crippen molar-refractivity contribution in [2.24, 2.45) is 0 Å². The summed E-state index contributed by atoms with van der Waals surface area (Å²) in [7, 11) is 1.30. The predicted octanol–water partition coefficient (Wildman–Crippen LogP) is 0.972. The summed E-state index contributed by atoms with van der Waals surface area (Å²) in [6.07, 6.45) is 0.817. The third kappa shape index (κ3) is 2.45. The average molecular weight is 249 g/mol. The molecule has 1 amide bonds. The van der Waals surface area contributed by atoms with Crippen molar-refractivity contribution in [1.29, 1.82) is 0 Å². The first-order chi connectivity index (χ1) is 8.61. The number of ether oxygens (including phenoxy) is 2. The van der Waals surface area contributed by atoms with Crippen LogP contribution >= 0.6 is 0 Å². The Morgan fingerprint density at radius 2 is 2.22 bits per heavy atom. The van der Waals surface area contributed by atoms with E-state index in [9.17, 15) is 9.59 Å². The molecule has 1 aliphatic rings. The van der Waals surface area contributed by atoms with Crippen LogP contribution < -0.4 is 10.1 Å². The lowest BCUT2D eigenvalue weighted by Crippen LogP contribution is -2.32. The van der Waals surface area contributed by atoms with E-state index in [1.54, 1.807) is 6.07 Å². The van der Waals surface area contributed by atoms with Gasteiger partial charge in [-0.3, -0.25) is 4.79 Å². The average Bonchev–Trinajstić information content (AvgIpc) is 2.81. The van der Waals surface area contributed by atoms with E-state index in [4.69, 9.17) is 9.47 Å². The second kappa shape index (κ2) is 5.08. The molecule has 0 saturated heterocycles. The van der Waals surface area contributed by atoms with Crippen LogP contribution in [0.2, 0.25) is 0 Å². The Morgan fingerprint density at radius 3 is 2.89 bits per heavy atom. The van der Waals surface area contributed by atoms with Gasteiger partial charge >= 0.3 is 5.97 Å². The highest BCUT2D eigenvalue weighted by molar-refractivity contribution is 5.84. The van der Waals surface area contributed by atoms with Gasteiger partial charge in [0.1, 0.15) is 5.75 Å². The lowest BCUT2D eigenvalue weighted by Gasteiger charge is -2.16. The van der Waals surface area contributed by atoms with Crippen molar-refractivity contribution in [3.63, 3.8) is 0 Å². The molecule has 96 valence electrons. The maximum atomic E-state index is 11.7. The van der Waals surface area contributed by atoms with Crippen LogP contribution in [0.5, 0.6) is 5.75 Å². The van der Waals surface area contributed by atoms with Crippen molar-refractivity contribution < 1.29 is 19.1 Å². The normalized spacial score (nSPS) is 14.3. The molecule has 0 bridgehead atoms. The number of hydrogen-bond acceptors (Lipinski definition) is 4. The van der Waals surface area contributed by atoms with E-state index < -0.39 is 12.0 Å². The molecule has 1 N–H and O–H groups in total. The van der Waals surface area contributed by atoms with E-state index in [0.29, 0.717) is 12.2 Å². The van der Waals surface area contributed by atoms with E-state index in [2.05, 4.69) is 5.32 Å². The molecular formula is C13H15NO4. The lowest BCUT2D eigenvalue weighted by atomic mass is 10.0. The lowest BCUT2D eigenvalue weighted by molar-refractivity contribution is -0.145. The van der Waals surface area contributed by atoms with Crippen molar-refractivity contribution in [2.45, 2.75) is 19.4 Å². The molecule has 0 aliphatic carbocycles. The largest absolute Gasteiger partial charge is 0.493 e. The van der Waals surface area contributed by atoms with E-state index in [-0.39, 0.29) is 5.91 Å². The third-order valence-corrected chi connectivity index (χ3v) is 2.83. The van der Waals surface area contributed by atoms with Crippen molar-refractivity contribution >= 4 is 11.9 Å². The monoisotopic (exact) mass is 249 g/mol. The highest BCUT2D eigenvalue weighted by atomic mass is 16.5. The zero-order valence-corrected chi connectivity index (χ0v) is 10.4. The van der Waals surface area contributed by atoms with Gasteiger partial charge < -0.3 is 14.8 Å². The van der Waals surface area contributed by atoms with Gasteiger partial charge in [0.05, 0.1) is 13.7 Å². The van der Waals surface area contributed by atoms with E-state index >= 15 is 0 Å². The summed E-state index contributed by atoms with van der Waals surface area (Å²) in [6, 6.07) is 4.69. The fourth-order valence-electron chi connectivity index (χ4n) is 1.99. The van der Waals surface area contributed by atoms with Crippen LogP contribution in [0.4, 0.5) is 0 Å². The summed E-state index contributed by atoms with van der Waals surface area (Å²) in [5.41, 5.74) is 1.76. The van der Waals surface area contributed by atoms with Gasteiger partial charge in [0.15, 0.2) is 6.04 Å². The molecule has 1 aliphatic heterocycles. The van der Waals surface area contributed by atoms with Gasteiger partial charge in [0, 0.05) is 13.3 Å². The van der Waals surface area contributed by atoms with Gasteiger partial charge in [-0.05, 0) is 23.3 Å². The quantitative estimate of drug-likeness (QED) is 0.811. The summed E-state index contributed by atoms with van der Waals surface area (Å²) < 4.78 is 10.1. The van der Waals surface area contributed by atoms with Crippen LogP contribution in [0.3, 0.4) is 0 Å². The number of benzene rings is 1. The van der Waals surface area contributed by atoms with Gasteiger partial charge in [-0.15, -0.1) is 0 Å². The van der Waals surface area contributed by atoms with Crippen molar-refractivity contribution in [2.75, 3.05) is 13.7 Å². The Hall–Kier alpha value is -2.04. The van der Waals surface area contributed by atoms with E-state index in [1.807, 2.05) is 12.1 Å². The van der Waals surface area contributed by atoms with Crippen LogP contribution in [-0.2, 0) is 20.7 Å². The molecule has 1 aromatic carbocycles. The molecule has 1 heterocycles. The van der Waals surface area contributed by atoms with Crippen LogP contribution in [0.15, 0.2) is 18.2 Å². The fraction of sp³-hybridized carbons (Fsp3) is 0.385. The number of hydrogen-bond donors (Lipinski definition) is 1. The summed E-state index contributed by atoms with van der Waals surface area (Å²) >= 11 is 0. The summed E-state index contributed by atoms with van der Waals surface area (Å²) in [5, 5.41) is 2.58. The van der Waals surface area contributed by atoms with Crippen LogP contribution in [0, 0.1) is 0 Å². The minimum Gasteiger partial charge on any atom is -0.493 e. The molecule has 1 unspecified atom stereocenters. The van der Waals surface area contributed by atoms with Crippen LogP contribution in [-0.4, -0.2) is 25.6 Å². The van der Waals surface area contributed by atoms with Gasteiger partial charge in [-0.2, -0.15) is 0 Å². The van der Waals surface area contributed by atoms with Gasteiger partial charge in [-0.1, -0.05) is 6.07 Å². The topological polar surface area (TPSA) is 64.6 Å². The SMILES string of the molecule is COC(=O)C(NC(C)=O)c1ccc2c(c1)CCO2. The van der Waals surface area contributed by atoms with Gasteiger partial charge in [0.25, 0.3) is 0 Å². The number of methoxy groups -OCH3 is 1. The Kier molecular flexibility index (Phi) is 3.50. The van der Waals surface area contributed by atoms with Crippen molar-refractivity contribution in [3.05, 3.63) is 29.3 Å². The Labute approximate surface area is 105 Å². The van der Waals surface area contributed by atoms with Crippen molar-refractivity contribution in [3.8, 4) is 5.75 Å². The molecule has 0 radical (unpaired) electrons. The second-order valence-corrected chi connectivity index (χ2v) is 4.12. The smallest absolute Gasteiger partial charge is 0.333 e. The molecule has 1 aromatic rings. The van der Waals surface area contributed by atoms with E-state index in [0.717, 1.165) is 17.7 Å². The standard InChI is InChI=1S/C13H15NO4/c1-8(15)14-12(13(16)17-2)10-3-4-11-9(7-10)5-6-18-11/h3-4,7,12H,5-6H2,1-2H3,(H,14,15). The molecule has 0 fully saturated rings. The highest BCUT2D eigenvalue weighted by Gasteiger charge is 2.24. The molecule has 0 saturated carbocycles. The second-order valence-electron chi connectivity index (χ2n) is 4.12. The molecule has 5 heteroatoms. The molecule has 18 heavy (non-hydrogen) atoms. The number of nitrogens with one attached hydrogen (secondary N) is 1. The molecule has 5 nitrogen and oxygen atoms in total. The number of esters is 1. The zero-order valence-electron chi connectivity index (χ0n) is 10.4. The zero-order chi connectivity index (χ0) is 13.1. The minimum absolute atomic E-state index is 0.276. The number of fused-ring (bicyclic) bond motifs is 1. The minimum atomic E-state index is -0.765. The van der Waals surface area contributed by atoms with E-state index in [1.165, 1.54) is 14.0 Å².